The molecule has 0 aliphatic heterocycles. The molecule has 0 bridgehead atoms. The van der Waals surface area contributed by atoms with E-state index in [-0.39, 0.29) is 5.91 Å². The molecule has 1 amide bonds. The highest BCUT2D eigenvalue weighted by molar-refractivity contribution is 9.10. The van der Waals surface area contributed by atoms with Crippen LogP contribution < -0.4 is 16.2 Å². The summed E-state index contributed by atoms with van der Waals surface area (Å²) in [5.74, 6) is -0.159. The number of halogens is 1. The molecule has 1 heterocycles. The van der Waals surface area contributed by atoms with Crippen molar-refractivity contribution in [1.29, 1.82) is 0 Å². The first-order valence-electron chi connectivity index (χ1n) is 7.90. The normalized spacial score (nSPS) is 10.4. The molecule has 1 aromatic heterocycles. The number of hydrazine groups is 1. The van der Waals surface area contributed by atoms with E-state index >= 15 is 0 Å². The van der Waals surface area contributed by atoms with Crippen LogP contribution in [0.25, 0.3) is 0 Å². The second-order valence-electron chi connectivity index (χ2n) is 5.90. The molecule has 25 heavy (non-hydrogen) atoms. The van der Waals surface area contributed by atoms with Crippen LogP contribution in [0.5, 0.6) is 0 Å². The average Bonchev–Trinajstić information content (AvgIpc) is 2.80. The van der Waals surface area contributed by atoms with Gasteiger partial charge in [0, 0.05) is 17.8 Å². The Bertz CT molecular complexity index is 803. The van der Waals surface area contributed by atoms with E-state index in [0.717, 1.165) is 27.1 Å². The molecule has 134 valence electrons. The smallest absolute Gasteiger partial charge is 0.240 e. The number of aryl methyl sites for hydroxylation is 4. The number of carbonyl (C=O) groups excluding carboxylic acids is 1. The lowest BCUT2D eigenvalue weighted by atomic mass is 10.1. The molecule has 1 aromatic carbocycles. The van der Waals surface area contributed by atoms with Crippen LogP contribution in [0.1, 0.15) is 28.9 Å². The minimum atomic E-state index is -0.159. The van der Waals surface area contributed by atoms with Gasteiger partial charge >= 0.3 is 0 Å². The molecule has 0 aliphatic rings. The van der Waals surface area contributed by atoms with Crippen LogP contribution >= 0.6 is 28.1 Å². The van der Waals surface area contributed by atoms with Crippen molar-refractivity contribution < 1.29 is 4.79 Å². The number of aromatic nitrogens is 2. The Morgan fingerprint density at radius 2 is 1.96 bits per heavy atom. The minimum absolute atomic E-state index is 0.159. The maximum absolute atomic E-state index is 12.0. The van der Waals surface area contributed by atoms with Crippen molar-refractivity contribution in [2.24, 2.45) is 0 Å². The summed E-state index contributed by atoms with van der Waals surface area (Å²) >= 11 is 8.68. The molecule has 0 unspecified atom stereocenters. The van der Waals surface area contributed by atoms with Crippen molar-refractivity contribution >= 4 is 44.9 Å². The number of anilines is 1. The summed E-state index contributed by atoms with van der Waals surface area (Å²) in [5.41, 5.74) is 10.4. The highest BCUT2D eigenvalue weighted by atomic mass is 79.9. The van der Waals surface area contributed by atoms with Gasteiger partial charge in [0.05, 0.1) is 16.7 Å². The second-order valence-corrected chi connectivity index (χ2v) is 7.10. The van der Waals surface area contributed by atoms with Gasteiger partial charge in [-0.3, -0.25) is 20.3 Å². The van der Waals surface area contributed by atoms with Crippen LogP contribution in [0.2, 0.25) is 0 Å². The highest BCUT2D eigenvalue weighted by Crippen LogP contribution is 2.19. The summed E-state index contributed by atoms with van der Waals surface area (Å²) in [6, 6.07) is 6.03. The lowest BCUT2D eigenvalue weighted by Gasteiger charge is -2.13. The molecular weight excluding hydrogens is 402 g/mol. The molecule has 0 spiro atoms. The van der Waals surface area contributed by atoms with E-state index < -0.39 is 0 Å². The SMILES string of the molecule is Cc1ccc(NC(=S)NNC(=O)CCn2nc(C)c(Br)c2C)c(C)c1. The fourth-order valence-corrected chi connectivity index (χ4v) is 2.84. The largest absolute Gasteiger partial charge is 0.331 e. The van der Waals surface area contributed by atoms with Crippen molar-refractivity contribution in [3.05, 3.63) is 45.2 Å². The Hall–Kier alpha value is -1.93. The number of nitrogens with zero attached hydrogens (tertiary/aromatic N) is 2. The molecule has 0 radical (unpaired) electrons. The molecule has 3 N–H and O–H groups in total. The molecule has 6 nitrogen and oxygen atoms in total. The first-order chi connectivity index (χ1) is 11.8. The molecule has 0 saturated carbocycles. The van der Waals surface area contributed by atoms with Crippen molar-refractivity contribution in [2.75, 3.05) is 5.32 Å². The molecule has 2 aromatic rings. The predicted octanol–water partition coefficient (Wildman–Crippen LogP) is 3.29. The monoisotopic (exact) mass is 423 g/mol. The molecule has 0 aliphatic carbocycles. The van der Waals surface area contributed by atoms with Crippen LogP contribution in [-0.4, -0.2) is 20.8 Å². The second kappa shape index (κ2) is 8.44. The number of thiocarbonyl (C=S) groups is 1. The van der Waals surface area contributed by atoms with Crippen LogP contribution in [-0.2, 0) is 11.3 Å². The average molecular weight is 424 g/mol. The standard InChI is InChI=1S/C17H22BrN5OS/c1-10-5-6-14(11(2)9-10)19-17(25)21-20-15(24)7-8-23-13(4)16(18)12(3)22-23/h5-6,9H,7-8H2,1-4H3,(H,20,24)(H2,19,21,25). The van der Waals surface area contributed by atoms with Crippen LogP contribution in [0.15, 0.2) is 22.7 Å². The van der Waals surface area contributed by atoms with E-state index in [1.165, 1.54) is 5.56 Å². The predicted molar refractivity (Wildman–Crippen MR) is 107 cm³/mol. The van der Waals surface area contributed by atoms with E-state index in [4.69, 9.17) is 12.2 Å². The zero-order valence-corrected chi connectivity index (χ0v) is 17.1. The molecular formula is C17H22BrN5OS. The Morgan fingerprint density at radius 3 is 2.56 bits per heavy atom. The van der Waals surface area contributed by atoms with Gasteiger partial charge in [-0.1, -0.05) is 17.7 Å². The summed E-state index contributed by atoms with van der Waals surface area (Å²) in [4.78, 5) is 12.0. The Balaban J connectivity index is 1.79. The van der Waals surface area contributed by atoms with E-state index in [9.17, 15) is 4.79 Å². The van der Waals surface area contributed by atoms with E-state index in [1.54, 1.807) is 0 Å². The van der Waals surface area contributed by atoms with Crippen molar-refractivity contribution in [1.82, 2.24) is 20.6 Å². The van der Waals surface area contributed by atoms with E-state index in [0.29, 0.717) is 18.1 Å². The van der Waals surface area contributed by atoms with Gasteiger partial charge in [0.25, 0.3) is 0 Å². The van der Waals surface area contributed by atoms with Gasteiger partial charge in [-0.05, 0) is 67.5 Å². The lowest BCUT2D eigenvalue weighted by molar-refractivity contribution is -0.121. The topological polar surface area (TPSA) is 71.0 Å². The molecule has 8 heteroatoms. The number of carbonyl (C=O) groups is 1. The fourth-order valence-electron chi connectivity index (χ4n) is 2.40. The van der Waals surface area contributed by atoms with Crippen molar-refractivity contribution in [3.63, 3.8) is 0 Å². The maximum Gasteiger partial charge on any atom is 0.240 e. The zero-order valence-electron chi connectivity index (χ0n) is 14.7. The molecule has 0 saturated heterocycles. The first-order valence-corrected chi connectivity index (χ1v) is 9.10. The number of amides is 1. The van der Waals surface area contributed by atoms with Gasteiger partial charge < -0.3 is 5.32 Å². The Kier molecular flexibility index (Phi) is 6.55. The Labute approximate surface area is 161 Å². The van der Waals surface area contributed by atoms with Crippen LogP contribution in [0.3, 0.4) is 0 Å². The van der Waals surface area contributed by atoms with Crippen LogP contribution in [0.4, 0.5) is 5.69 Å². The third-order valence-corrected chi connectivity index (χ3v) is 5.14. The van der Waals surface area contributed by atoms with Gasteiger partial charge in [-0.2, -0.15) is 5.10 Å². The number of rotatable bonds is 4. The summed E-state index contributed by atoms with van der Waals surface area (Å²) in [6.07, 6.45) is 0.299. The third-order valence-electron chi connectivity index (χ3n) is 3.79. The fraction of sp³-hybridized carbons (Fsp3) is 0.353. The zero-order chi connectivity index (χ0) is 18.6. The van der Waals surface area contributed by atoms with Gasteiger partial charge in [0.15, 0.2) is 5.11 Å². The van der Waals surface area contributed by atoms with Gasteiger partial charge in [0.1, 0.15) is 0 Å². The summed E-state index contributed by atoms with van der Waals surface area (Å²) in [6.45, 7) is 8.43. The minimum Gasteiger partial charge on any atom is -0.331 e. The van der Waals surface area contributed by atoms with Gasteiger partial charge in [-0.25, -0.2) is 0 Å². The van der Waals surface area contributed by atoms with E-state index in [2.05, 4.69) is 43.3 Å². The highest BCUT2D eigenvalue weighted by Gasteiger charge is 2.10. The Morgan fingerprint density at radius 1 is 1.24 bits per heavy atom. The lowest BCUT2D eigenvalue weighted by Crippen LogP contribution is -2.44. The van der Waals surface area contributed by atoms with Crippen molar-refractivity contribution in [3.8, 4) is 0 Å². The third kappa shape index (κ3) is 5.27. The van der Waals surface area contributed by atoms with Gasteiger partial charge in [0.2, 0.25) is 5.91 Å². The number of nitrogens with one attached hydrogen (secondary N) is 3. The quantitative estimate of drug-likeness (QED) is 0.519. The van der Waals surface area contributed by atoms with Crippen molar-refractivity contribution in [2.45, 2.75) is 40.7 Å². The van der Waals surface area contributed by atoms with Crippen LogP contribution in [0, 0.1) is 27.7 Å². The first kappa shape index (κ1) is 19.4. The molecule has 0 atom stereocenters. The summed E-state index contributed by atoms with van der Waals surface area (Å²) in [7, 11) is 0. The maximum atomic E-state index is 12.0. The molecule has 2 rings (SSSR count). The number of hydrogen-bond donors (Lipinski definition) is 3. The van der Waals surface area contributed by atoms with Gasteiger partial charge in [-0.15, -0.1) is 0 Å². The van der Waals surface area contributed by atoms with E-state index in [1.807, 2.05) is 44.5 Å². The number of benzene rings is 1. The summed E-state index contributed by atoms with van der Waals surface area (Å²) < 4.78 is 2.79. The number of hydrogen-bond acceptors (Lipinski definition) is 3. The summed E-state index contributed by atoms with van der Waals surface area (Å²) in [5, 5.41) is 7.79. The molecule has 0 fully saturated rings.